The number of para-hydroxylation sites is 2. The van der Waals surface area contributed by atoms with E-state index >= 15 is 0 Å². The van der Waals surface area contributed by atoms with Crippen LogP contribution in [-0.2, 0) is 9.59 Å². The molecule has 0 aliphatic carbocycles. The van der Waals surface area contributed by atoms with Gasteiger partial charge in [-0.1, -0.05) is 12.1 Å². The van der Waals surface area contributed by atoms with Crippen LogP contribution in [0.3, 0.4) is 0 Å². The van der Waals surface area contributed by atoms with Crippen LogP contribution in [-0.4, -0.2) is 57.6 Å². The maximum absolute atomic E-state index is 11.9. The molecule has 0 saturated heterocycles. The van der Waals surface area contributed by atoms with Crippen LogP contribution >= 0.6 is 0 Å². The number of hydrogen-bond acceptors (Lipinski definition) is 4. The molecule has 1 rings (SSSR count). The number of anilines is 1. The van der Waals surface area contributed by atoms with Gasteiger partial charge < -0.3 is 19.9 Å². The van der Waals surface area contributed by atoms with E-state index in [2.05, 4.69) is 5.32 Å². The van der Waals surface area contributed by atoms with Crippen molar-refractivity contribution in [3.8, 4) is 5.75 Å². The van der Waals surface area contributed by atoms with Crippen LogP contribution in [0, 0.1) is 0 Å². The summed E-state index contributed by atoms with van der Waals surface area (Å²) in [5.74, 6) is 0.430. The zero-order chi connectivity index (χ0) is 16.5. The summed E-state index contributed by atoms with van der Waals surface area (Å²) in [7, 11) is 5.46. The highest BCUT2D eigenvalue weighted by Crippen LogP contribution is 2.27. The molecule has 22 heavy (non-hydrogen) atoms. The number of carbonyl (C=O) groups excluding carboxylic acids is 2. The maximum atomic E-state index is 11.9. The van der Waals surface area contributed by atoms with Gasteiger partial charge in [0.2, 0.25) is 11.8 Å². The number of benzene rings is 1. The number of hydrogen-bond donors (Lipinski definition) is 1. The van der Waals surface area contributed by atoms with Crippen molar-refractivity contribution in [3.63, 3.8) is 0 Å². The number of methoxy groups -OCH3 is 1. The van der Waals surface area contributed by atoms with Gasteiger partial charge >= 0.3 is 0 Å². The van der Waals surface area contributed by atoms with E-state index in [1.54, 1.807) is 18.1 Å². The number of nitrogens with zero attached hydrogens (tertiary/aromatic N) is 2. The van der Waals surface area contributed by atoms with Crippen molar-refractivity contribution in [3.05, 3.63) is 24.3 Å². The Balaban J connectivity index is 2.62. The predicted molar refractivity (Wildman–Crippen MR) is 87.2 cm³/mol. The van der Waals surface area contributed by atoms with Gasteiger partial charge in [0.05, 0.1) is 12.8 Å². The highest BCUT2D eigenvalue weighted by Gasteiger charge is 2.16. The van der Waals surface area contributed by atoms with Gasteiger partial charge in [-0.3, -0.25) is 9.59 Å². The Morgan fingerprint density at radius 3 is 2.45 bits per heavy atom. The van der Waals surface area contributed by atoms with E-state index in [0.29, 0.717) is 24.5 Å². The highest BCUT2D eigenvalue weighted by atomic mass is 16.5. The number of likely N-dealkylation sites (N-methyl/N-ethyl adjacent to an activating group) is 1. The Bertz CT molecular complexity index is 503. The summed E-state index contributed by atoms with van der Waals surface area (Å²) in [5.41, 5.74) is 0.679. The fourth-order valence-corrected chi connectivity index (χ4v) is 2.02. The Labute approximate surface area is 132 Å². The lowest BCUT2D eigenvalue weighted by atomic mass is 10.2. The van der Waals surface area contributed by atoms with Crippen LogP contribution in [0.1, 0.15) is 13.3 Å². The lowest BCUT2D eigenvalue weighted by molar-refractivity contribution is -0.121. The smallest absolute Gasteiger partial charge is 0.223 e. The average Bonchev–Trinajstić information content (AvgIpc) is 2.47. The summed E-state index contributed by atoms with van der Waals surface area (Å²) in [6, 6.07) is 7.28. The maximum Gasteiger partial charge on any atom is 0.223 e. The summed E-state index contributed by atoms with van der Waals surface area (Å²) < 4.78 is 5.27. The normalized spacial score (nSPS) is 10.4. The number of amides is 2. The van der Waals surface area contributed by atoms with Gasteiger partial charge in [0.15, 0.2) is 0 Å². The quantitative estimate of drug-likeness (QED) is 0.782. The second kappa shape index (κ2) is 9.04. The second-order valence-corrected chi connectivity index (χ2v) is 5.25. The SMILES string of the molecule is COc1ccccc1N(CCC(=O)NCCN(C)C)C(C)=O. The third-order valence-electron chi connectivity index (χ3n) is 3.20. The van der Waals surface area contributed by atoms with E-state index in [-0.39, 0.29) is 18.2 Å². The minimum atomic E-state index is -0.120. The van der Waals surface area contributed by atoms with Crippen molar-refractivity contribution in [1.82, 2.24) is 10.2 Å². The molecule has 0 atom stereocenters. The van der Waals surface area contributed by atoms with Crippen molar-refractivity contribution in [2.75, 3.05) is 45.7 Å². The van der Waals surface area contributed by atoms with E-state index in [9.17, 15) is 9.59 Å². The molecule has 122 valence electrons. The average molecular weight is 307 g/mol. The molecule has 1 aromatic carbocycles. The molecule has 0 radical (unpaired) electrons. The molecule has 0 fully saturated rings. The zero-order valence-electron chi connectivity index (χ0n) is 13.8. The van der Waals surface area contributed by atoms with E-state index in [1.807, 2.05) is 37.2 Å². The van der Waals surface area contributed by atoms with Crippen LogP contribution in [0.2, 0.25) is 0 Å². The van der Waals surface area contributed by atoms with E-state index in [1.165, 1.54) is 6.92 Å². The summed E-state index contributed by atoms with van der Waals surface area (Å²) >= 11 is 0. The van der Waals surface area contributed by atoms with E-state index in [4.69, 9.17) is 4.74 Å². The van der Waals surface area contributed by atoms with E-state index in [0.717, 1.165) is 6.54 Å². The topological polar surface area (TPSA) is 61.9 Å². The molecule has 0 aliphatic rings. The van der Waals surface area contributed by atoms with Crippen LogP contribution in [0.5, 0.6) is 5.75 Å². The lowest BCUT2D eigenvalue weighted by Gasteiger charge is -2.23. The Morgan fingerprint density at radius 2 is 1.86 bits per heavy atom. The summed E-state index contributed by atoms with van der Waals surface area (Å²) in [4.78, 5) is 27.3. The molecule has 6 heteroatoms. The van der Waals surface area contributed by atoms with Crippen molar-refractivity contribution in [2.24, 2.45) is 0 Å². The first-order valence-electron chi connectivity index (χ1n) is 7.28. The van der Waals surface area contributed by atoms with Crippen LogP contribution < -0.4 is 15.0 Å². The van der Waals surface area contributed by atoms with Crippen LogP contribution in [0.15, 0.2) is 24.3 Å². The minimum absolute atomic E-state index is 0.0667. The molecule has 2 amide bonds. The van der Waals surface area contributed by atoms with Crippen LogP contribution in [0.4, 0.5) is 5.69 Å². The van der Waals surface area contributed by atoms with Gasteiger partial charge in [-0.05, 0) is 26.2 Å². The van der Waals surface area contributed by atoms with Gasteiger partial charge in [-0.15, -0.1) is 0 Å². The third kappa shape index (κ3) is 5.73. The largest absolute Gasteiger partial charge is 0.495 e. The standard InChI is InChI=1S/C16H25N3O3/c1-13(20)19(14-7-5-6-8-15(14)22-4)11-9-16(21)17-10-12-18(2)3/h5-8H,9-12H2,1-4H3,(H,17,21). The Kier molecular flexibility index (Phi) is 7.39. The lowest BCUT2D eigenvalue weighted by Crippen LogP contribution is -2.36. The highest BCUT2D eigenvalue weighted by molar-refractivity contribution is 5.93. The summed E-state index contributed by atoms with van der Waals surface area (Å²) in [5, 5.41) is 2.84. The molecule has 0 bridgehead atoms. The molecule has 0 unspecified atom stereocenters. The zero-order valence-corrected chi connectivity index (χ0v) is 13.8. The van der Waals surface area contributed by atoms with Crippen molar-refractivity contribution < 1.29 is 14.3 Å². The number of ether oxygens (including phenoxy) is 1. The molecule has 6 nitrogen and oxygen atoms in total. The number of rotatable bonds is 8. The molecular formula is C16H25N3O3. The van der Waals surface area contributed by atoms with Gasteiger partial charge in [0, 0.05) is 33.0 Å². The molecule has 1 N–H and O–H groups in total. The summed E-state index contributed by atoms with van der Waals surface area (Å²) in [6.07, 6.45) is 0.255. The minimum Gasteiger partial charge on any atom is -0.495 e. The molecule has 1 aromatic rings. The first-order chi connectivity index (χ1) is 10.5. The molecular weight excluding hydrogens is 282 g/mol. The first-order valence-corrected chi connectivity index (χ1v) is 7.28. The van der Waals surface area contributed by atoms with Crippen molar-refractivity contribution in [2.45, 2.75) is 13.3 Å². The molecule has 0 heterocycles. The van der Waals surface area contributed by atoms with Gasteiger partial charge in [-0.2, -0.15) is 0 Å². The molecule has 0 aromatic heterocycles. The van der Waals surface area contributed by atoms with Gasteiger partial charge in [0.1, 0.15) is 5.75 Å². The Morgan fingerprint density at radius 1 is 1.18 bits per heavy atom. The van der Waals surface area contributed by atoms with Crippen molar-refractivity contribution in [1.29, 1.82) is 0 Å². The number of carbonyl (C=O) groups is 2. The molecule has 0 saturated carbocycles. The fraction of sp³-hybridized carbons (Fsp3) is 0.500. The second-order valence-electron chi connectivity index (χ2n) is 5.25. The summed E-state index contributed by atoms with van der Waals surface area (Å²) in [6.45, 7) is 3.19. The van der Waals surface area contributed by atoms with Crippen molar-refractivity contribution >= 4 is 17.5 Å². The molecule has 0 aliphatic heterocycles. The van der Waals surface area contributed by atoms with E-state index < -0.39 is 0 Å². The Hall–Kier alpha value is -2.08. The third-order valence-corrected chi connectivity index (χ3v) is 3.20. The van der Waals surface area contributed by atoms with Crippen LogP contribution in [0.25, 0.3) is 0 Å². The molecule has 0 spiro atoms. The monoisotopic (exact) mass is 307 g/mol. The fourth-order valence-electron chi connectivity index (χ4n) is 2.02. The predicted octanol–water partition coefficient (Wildman–Crippen LogP) is 1.12. The van der Waals surface area contributed by atoms with Gasteiger partial charge in [-0.25, -0.2) is 0 Å². The number of nitrogens with one attached hydrogen (secondary N) is 1. The van der Waals surface area contributed by atoms with Gasteiger partial charge in [0.25, 0.3) is 0 Å². The first kappa shape index (κ1) is 18.0.